The zero-order chi connectivity index (χ0) is 19.1. The van der Waals surface area contributed by atoms with Gasteiger partial charge in [0.2, 0.25) is 0 Å². The predicted octanol–water partition coefficient (Wildman–Crippen LogP) is 3.61. The van der Waals surface area contributed by atoms with E-state index >= 15 is 0 Å². The zero-order valence-corrected chi connectivity index (χ0v) is 15.2. The van der Waals surface area contributed by atoms with Crippen LogP contribution in [0.5, 0.6) is 0 Å². The Bertz CT molecular complexity index is 660. The topological polar surface area (TPSA) is 59.0 Å². The molecule has 0 radical (unpaired) electrons. The Kier molecular flexibility index (Phi) is 4.96. The molecule has 0 aliphatic carbocycles. The van der Waals surface area contributed by atoms with E-state index in [0.29, 0.717) is 5.56 Å². The zero-order valence-electron chi connectivity index (χ0n) is 15.2. The van der Waals surface area contributed by atoms with E-state index in [2.05, 4.69) is 0 Å². The number of benzene rings is 1. The molecule has 2 heterocycles. The molecule has 0 aromatic heterocycles. The first-order chi connectivity index (χ1) is 12.1. The number of halogens is 2. The van der Waals surface area contributed by atoms with Gasteiger partial charge in [-0.2, -0.15) is 0 Å². The number of rotatable bonds is 2. The van der Waals surface area contributed by atoms with Gasteiger partial charge >= 0.3 is 6.09 Å². The lowest BCUT2D eigenvalue weighted by Crippen LogP contribution is -2.63. The number of fused-ring (bicyclic) bond motifs is 2. The van der Waals surface area contributed by atoms with Gasteiger partial charge in [0.05, 0.1) is 30.9 Å². The fraction of sp³-hybridized carbons (Fsp3) is 0.632. The van der Waals surface area contributed by atoms with Gasteiger partial charge in [-0.05, 0) is 32.4 Å². The molecule has 26 heavy (non-hydrogen) atoms. The van der Waals surface area contributed by atoms with Gasteiger partial charge in [0.25, 0.3) is 6.43 Å². The van der Waals surface area contributed by atoms with E-state index < -0.39 is 23.7 Å². The van der Waals surface area contributed by atoms with Crippen LogP contribution in [0, 0.1) is 0 Å². The molecule has 1 aromatic carbocycles. The third-order valence-electron chi connectivity index (χ3n) is 4.83. The molecular formula is C19H25F2NO4. The van der Waals surface area contributed by atoms with Gasteiger partial charge in [0.15, 0.2) is 0 Å². The van der Waals surface area contributed by atoms with Crippen molar-refractivity contribution in [2.24, 2.45) is 0 Å². The maximum absolute atomic E-state index is 13.0. The van der Waals surface area contributed by atoms with E-state index in [-0.39, 0.29) is 43.7 Å². The highest BCUT2D eigenvalue weighted by Crippen LogP contribution is 2.42. The molecule has 5 nitrogen and oxygen atoms in total. The minimum atomic E-state index is -2.59. The van der Waals surface area contributed by atoms with Gasteiger partial charge in [0, 0.05) is 18.4 Å². The summed E-state index contributed by atoms with van der Waals surface area (Å²) in [6, 6.07) is 5.16. The van der Waals surface area contributed by atoms with Gasteiger partial charge in [-0.1, -0.05) is 18.2 Å². The van der Waals surface area contributed by atoms with Crippen LogP contribution in [-0.4, -0.2) is 47.0 Å². The van der Waals surface area contributed by atoms with E-state index in [1.807, 2.05) is 0 Å². The molecule has 7 heteroatoms. The first-order valence-corrected chi connectivity index (χ1v) is 8.79. The van der Waals surface area contributed by atoms with Gasteiger partial charge in [-0.3, -0.25) is 4.90 Å². The Morgan fingerprint density at radius 3 is 2.46 bits per heavy atom. The minimum absolute atomic E-state index is 0.119. The van der Waals surface area contributed by atoms with Crippen molar-refractivity contribution < 1.29 is 28.2 Å². The van der Waals surface area contributed by atoms with Crippen molar-refractivity contribution in [3.63, 3.8) is 0 Å². The first-order valence-electron chi connectivity index (χ1n) is 8.79. The van der Waals surface area contributed by atoms with Crippen molar-refractivity contribution in [1.82, 2.24) is 4.90 Å². The number of carbonyl (C=O) groups excluding carboxylic acids is 1. The lowest BCUT2D eigenvalue weighted by atomic mass is 9.76. The fourth-order valence-electron chi connectivity index (χ4n) is 3.79. The number of aliphatic hydroxyl groups is 1. The summed E-state index contributed by atoms with van der Waals surface area (Å²) >= 11 is 0. The Morgan fingerprint density at radius 1 is 1.31 bits per heavy atom. The smallest absolute Gasteiger partial charge is 0.410 e. The third kappa shape index (κ3) is 3.83. The second kappa shape index (κ2) is 6.78. The highest BCUT2D eigenvalue weighted by atomic mass is 19.3. The number of piperidine rings is 1. The summed E-state index contributed by atoms with van der Waals surface area (Å²) in [5.41, 5.74) is -1.56. The second-order valence-electron chi connectivity index (χ2n) is 8.10. The highest BCUT2D eigenvalue weighted by molar-refractivity contribution is 5.69. The molecule has 1 aromatic rings. The summed E-state index contributed by atoms with van der Waals surface area (Å²) < 4.78 is 37.1. The van der Waals surface area contributed by atoms with Gasteiger partial charge in [-0.25, -0.2) is 13.6 Å². The van der Waals surface area contributed by atoms with Gasteiger partial charge in [-0.15, -0.1) is 0 Å². The van der Waals surface area contributed by atoms with Crippen LogP contribution in [0.25, 0.3) is 0 Å². The summed E-state index contributed by atoms with van der Waals surface area (Å²) in [6.45, 7) is 5.97. The molecule has 2 aliphatic rings. The largest absolute Gasteiger partial charge is 0.444 e. The van der Waals surface area contributed by atoms with Crippen molar-refractivity contribution in [1.29, 1.82) is 0 Å². The molecule has 2 fully saturated rings. The molecule has 3 rings (SSSR count). The van der Waals surface area contributed by atoms with Crippen LogP contribution >= 0.6 is 0 Å². The summed E-state index contributed by atoms with van der Waals surface area (Å²) in [5.74, 6) is 0. The van der Waals surface area contributed by atoms with E-state index in [1.54, 1.807) is 31.7 Å². The monoisotopic (exact) mass is 369 g/mol. The number of alkyl halides is 2. The molecule has 144 valence electrons. The number of morpholine rings is 1. The third-order valence-corrected chi connectivity index (χ3v) is 4.83. The molecule has 0 saturated carbocycles. The number of nitrogens with zero attached hydrogens (tertiary/aromatic N) is 1. The van der Waals surface area contributed by atoms with Crippen LogP contribution in [0.4, 0.5) is 13.6 Å². The number of hydrogen-bond acceptors (Lipinski definition) is 4. The minimum Gasteiger partial charge on any atom is -0.444 e. The number of carbonyl (C=O) groups is 1. The molecule has 1 amide bonds. The molecule has 2 saturated heterocycles. The standard InChI is InChI=1S/C19H25F2NO4/c1-18(2,3)26-17(23)22-14-8-19(24,9-15(22)11-25-10-14)13-6-4-5-12(7-13)16(20)21/h4-7,14-16,24H,8-11H2,1-3H3. The van der Waals surface area contributed by atoms with Crippen molar-refractivity contribution in [2.45, 2.75) is 63.3 Å². The van der Waals surface area contributed by atoms with E-state index in [4.69, 9.17) is 9.47 Å². The van der Waals surface area contributed by atoms with Crippen LogP contribution in [0.1, 0.15) is 51.2 Å². The molecule has 2 bridgehead atoms. The van der Waals surface area contributed by atoms with Gasteiger partial charge in [0.1, 0.15) is 5.60 Å². The summed E-state index contributed by atoms with van der Waals surface area (Å²) in [5, 5.41) is 11.2. The van der Waals surface area contributed by atoms with E-state index in [9.17, 15) is 18.7 Å². The molecule has 2 unspecified atom stereocenters. The van der Waals surface area contributed by atoms with E-state index in [0.717, 1.165) is 0 Å². The number of ether oxygens (including phenoxy) is 2. The quantitative estimate of drug-likeness (QED) is 0.865. The fourth-order valence-corrected chi connectivity index (χ4v) is 3.79. The van der Waals surface area contributed by atoms with Crippen molar-refractivity contribution in [3.8, 4) is 0 Å². The Hall–Kier alpha value is -1.73. The Morgan fingerprint density at radius 2 is 1.92 bits per heavy atom. The number of amides is 1. The molecule has 0 spiro atoms. The summed E-state index contributed by atoms with van der Waals surface area (Å²) in [7, 11) is 0. The summed E-state index contributed by atoms with van der Waals surface area (Å²) in [6.07, 6.45) is -2.59. The van der Waals surface area contributed by atoms with Crippen LogP contribution in [-0.2, 0) is 15.1 Å². The molecular weight excluding hydrogens is 344 g/mol. The predicted molar refractivity (Wildman–Crippen MR) is 91.0 cm³/mol. The highest BCUT2D eigenvalue weighted by Gasteiger charge is 2.49. The van der Waals surface area contributed by atoms with E-state index in [1.165, 1.54) is 18.2 Å². The molecule has 1 N–H and O–H groups in total. The first kappa shape index (κ1) is 19.0. The average Bonchev–Trinajstić information content (AvgIpc) is 2.52. The van der Waals surface area contributed by atoms with Crippen LogP contribution in [0.15, 0.2) is 24.3 Å². The van der Waals surface area contributed by atoms with Crippen LogP contribution in [0.3, 0.4) is 0 Å². The van der Waals surface area contributed by atoms with Crippen molar-refractivity contribution in [2.75, 3.05) is 13.2 Å². The number of hydrogen-bond donors (Lipinski definition) is 1. The lowest BCUT2D eigenvalue weighted by molar-refractivity contribution is -0.141. The maximum Gasteiger partial charge on any atom is 0.410 e. The second-order valence-corrected chi connectivity index (χ2v) is 8.10. The maximum atomic E-state index is 13.0. The van der Waals surface area contributed by atoms with Crippen molar-refractivity contribution in [3.05, 3.63) is 35.4 Å². The molecule has 2 aliphatic heterocycles. The van der Waals surface area contributed by atoms with Crippen LogP contribution in [0.2, 0.25) is 0 Å². The van der Waals surface area contributed by atoms with Crippen LogP contribution < -0.4 is 0 Å². The SMILES string of the molecule is CC(C)(C)OC(=O)N1C2COCC1CC(O)(c1cccc(C(F)F)c1)C2. The lowest BCUT2D eigenvalue weighted by Gasteiger charge is -2.51. The Labute approximate surface area is 151 Å². The summed E-state index contributed by atoms with van der Waals surface area (Å²) in [4.78, 5) is 14.2. The average molecular weight is 369 g/mol. The molecule has 2 atom stereocenters. The normalized spacial score (nSPS) is 29.0. The van der Waals surface area contributed by atoms with Crippen molar-refractivity contribution >= 4 is 6.09 Å². The Balaban J connectivity index is 1.85. The van der Waals surface area contributed by atoms with Gasteiger partial charge < -0.3 is 14.6 Å².